The van der Waals surface area contributed by atoms with Crippen molar-refractivity contribution in [1.29, 1.82) is 0 Å². The van der Waals surface area contributed by atoms with E-state index in [1.54, 1.807) is 28.8 Å². The summed E-state index contributed by atoms with van der Waals surface area (Å²) in [5.74, 6) is 0.343. The van der Waals surface area contributed by atoms with Crippen LogP contribution in [0.5, 0.6) is 0 Å². The maximum absolute atomic E-state index is 13.6. The summed E-state index contributed by atoms with van der Waals surface area (Å²) in [7, 11) is 0. The Labute approximate surface area is 204 Å². The number of anilines is 1. The van der Waals surface area contributed by atoms with Gasteiger partial charge in [0.25, 0.3) is 11.5 Å². The van der Waals surface area contributed by atoms with Gasteiger partial charge in [-0.2, -0.15) is 0 Å². The SMILES string of the molecule is CC(C)C1CCC(Cn2c(NC(=O)c3ccccc3)nc3cc(-c4ccccc4)ccc3c2=O)O1. The molecule has 1 aliphatic heterocycles. The third kappa shape index (κ3) is 4.88. The van der Waals surface area contributed by atoms with Gasteiger partial charge >= 0.3 is 0 Å². The molecule has 1 aromatic heterocycles. The minimum atomic E-state index is -0.308. The molecule has 2 heterocycles. The second-order valence-electron chi connectivity index (χ2n) is 9.39. The van der Waals surface area contributed by atoms with E-state index in [4.69, 9.17) is 9.72 Å². The van der Waals surface area contributed by atoms with Gasteiger partial charge in [-0.3, -0.25) is 19.5 Å². The number of fused-ring (bicyclic) bond motifs is 1. The van der Waals surface area contributed by atoms with Gasteiger partial charge < -0.3 is 4.74 Å². The lowest BCUT2D eigenvalue weighted by Crippen LogP contribution is -2.32. The zero-order valence-corrected chi connectivity index (χ0v) is 20.0. The summed E-state index contributed by atoms with van der Waals surface area (Å²) in [4.78, 5) is 31.4. The largest absolute Gasteiger partial charge is 0.373 e. The first-order chi connectivity index (χ1) is 17.0. The quantitative estimate of drug-likeness (QED) is 0.405. The summed E-state index contributed by atoms with van der Waals surface area (Å²) in [6.45, 7) is 4.63. The van der Waals surface area contributed by atoms with Crippen LogP contribution in [0.4, 0.5) is 5.95 Å². The van der Waals surface area contributed by atoms with E-state index in [2.05, 4.69) is 19.2 Å². The lowest BCUT2D eigenvalue weighted by molar-refractivity contribution is 0.0116. The number of carbonyl (C=O) groups excluding carboxylic acids is 1. The zero-order valence-electron chi connectivity index (χ0n) is 20.0. The van der Waals surface area contributed by atoms with Crippen molar-refractivity contribution in [3.8, 4) is 11.1 Å². The third-order valence-electron chi connectivity index (χ3n) is 6.59. The zero-order chi connectivity index (χ0) is 24.4. The molecule has 35 heavy (non-hydrogen) atoms. The molecule has 178 valence electrons. The Morgan fingerprint density at radius 3 is 2.40 bits per heavy atom. The Balaban J connectivity index is 1.56. The predicted octanol–water partition coefficient (Wildman–Crippen LogP) is 5.52. The highest BCUT2D eigenvalue weighted by Crippen LogP contribution is 2.27. The van der Waals surface area contributed by atoms with Gasteiger partial charge in [-0.1, -0.05) is 68.4 Å². The van der Waals surface area contributed by atoms with Crippen LogP contribution >= 0.6 is 0 Å². The molecule has 0 spiro atoms. The summed E-state index contributed by atoms with van der Waals surface area (Å²) in [6.07, 6.45) is 1.91. The van der Waals surface area contributed by atoms with Gasteiger partial charge in [0.15, 0.2) is 0 Å². The fraction of sp³-hybridized carbons (Fsp3) is 0.276. The highest BCUT2D eigenvalue weighted by Gasteiger charge is 2.29. The Morgan fingerprint density at radius 2 is 1.71 bits per heavy atom. The summed E-state index contributed by atoms with van der Waals surface area (Å²) in [5, 5.41) is 3.40. The Morgan fingerprint density at radius 1 is 1.00 bits per heavy atom. The van der Waals surface area contributed by atoms with Gasteiger partial charge in [-0.25, -0.2) is 4.98 Å². The number of carbonyl (C=O) groups is 1. The van der Waals surface area contributed by atoms with Gasteiger partial charge in [0.1, 0.15) is 0 Å². The molecule has 6 nitrogen and oxygen atoms in total. The van der Waals surface area contributed by atoms with Crippen LogP contribution < -0.4 is 10.9 Å². The van der Waals surface area contributed by atoms with Crippen molar-refractivity contribution in [3.05, 3.63) is 94.8 Å². The predicted molar refractivity (Wildman–Crippen MR) is 139 cm³/mol. The molecule has 3 aromatic carbocycles. The number of ether oxygens (including phenoxy) is 1. The molecule has 0 bridgehead atoms. The molecule has 1 amide bonds. The second-order valence-corrected chi connectivity index (χ2v) is 9.39. The lowest BCUT2D eigenvalue weighted by Gasteiger charge is -2.20. The monoisotopic (exact) mass is 467 g/mol. The first-order valence-electron chi connectivity index (χ1n) is 12.1. The van der Waals surface area contributed by atoms with Crippen molar-refractivity contribution in [2.45, 2.75) is 45.4 Å². The molecular weight excluding hydrogens is 438 g/mol. The molecule has 1 saturated heterocycles. The Hall–Kier alpha value is -3.77. The smallest absolute Gasteiger partial charge is 0.262 e. The van der Waals surface area contributed by atoms with Gasteiger partial charge in [-0.05, 0) is 54.2 Å². The van der Waals surface area contributed by atoms with Crippen LogP contribution in [0.2, 0.25) is 0 Å². The van der Waals surface area contributed by atoms with Crippen molar-refractivity contribution in [2.24, 2.45) is 5.92 Å². The third-order valence-corrected chi connectivity index (χ3v) is 6.59. The molecule has 0 radical (unpaired) electrons. The number of amides is 1. The lowest BCUT2D eigenvalue weighted by atomic mass is 10.0. The molecule has 4 aromatic rings. The molecule has 6 heteroatoms. The molecule has 2 unspecified atom stereocenters. The molecule has 1 fully saturated rings. The van der Waals surface area contributed by atoms with Crippen LogP contribution in [-0.4, -0.2) is 27.7 Å². The van der Waals surface area contributed by atoms with Gasteiger partial charge in [0, 0.05) is 5.56 Å². The molecule has 5 rings (SSSR count). The van der Waals surface area contributed by atoms with E-state index >= 15 is 0 Å². The topological polar surface area (TPSA) is 73.2 Å². The van der Waals surface area contributed by atoms with Gasteiger partial charge in [0.2, 0.25) is 5.95 Å². The van der Waals surface area contributed by atoms with E-state index in [1.807, 2.05) is 54.6 Å². The summed E-state index contributed by atoms with van der Waals surface area (Å²) >= 11 is 0. The van der Waals surface area contributed by atoms with Crippen LogP contribution in [0.25, 0.3) is 22.0 Å². The maximum Gasteiger partial charge on any atom is 0.262 e. The molecule has 2 atom stereocenters. The standard InChI is InChI=1S/C29H29N3O3/c1-19(2)26-16-14-23(35-26)18-32-28(34)24-15-13-22(20-9-5-3-6-10-20)17-25(24)30-29(32)31-27(33)21-11-7-4-8-12-21/h3-13,15,17,19,23,26H,14,16,18H2,1-2H3,(H,30,31,33). The summed E-state index contributed by atoms with van der Waals surface area (Å²) in [5.41, 5.74) is 2.86. The minimum absolute atomic E-state index is 0.102. The van der Waals surface area contributed by atoms with Crippen molar-refractivity contribution < 1.29 is 9.53 Å². The fourth-order valence-corrected chi connectivity index (χ4v) is 4.62. The average Bonchev–Trinajstić information content (AvgIpc) is 3.36. The van der Waals surface area contributed by atoms with Crippen LogP contribution in [0.3, 0.4) is 0 Å². The van der Waals surface area contributed by atoms with Gasteiger partial charge in [0.05, 0.1) is 29.7 Å². The van der Waals surface area contributed by atoms with E-state index < -0.39 is 0 Å². The van der Waals surface area contributed by atoms with E-state index in [9.17, 15) is 9.59 Å². The summed E-state index contributed by atoms with van der Waals surface area (Å²) in [6, 6.07) is 24.5. The first kappa shape index (κ1) is 23.0. The number of rotatable bonds is 6. The van der Waals surface area contributed by atoms with Crippen LogP contribution in [0.1, 0.15) is 37.0 Å². The number of hydrogen-bond donors (Lipinski definition) is 1. The van der Waals surface area contributed by atoms with Crippen molar-refractivity contribution in [1.82, 2.24) is 9.55 Å². The highest BCUT2D eigenvalue weighted by atomic mass is 16.5. The van der Waals surface area contributed by atoms with E-state index in [1.165, 1.54) is 0 Å². The van der Waals surface area contributed by atoms with Crippen molar-refractivity contribution >= 4 is 22.8 Å². The number of nitrogens with one attached hydrogen (secondary N) is 1. The average molecular weight is 468 g/mol. The van der Waals surface area contributed by atoms with Crippen molar-refractivity contribution in [3.63, 3.8) is 0 Å². The van der Waals surface area contributed by atoms with E-state index in [0.717, 1.165) is 24.0 Å². The van der Waals surface area contributed by atoms with Gasteiger partial charge in [-0.15, -0.1) is 0 Å². The van der Waals surface area contributed by atoms with Crippen LogP contribution in [-0.2, 0) is 11.3 Å². The number of nitrogens with zero attached hydrogens (tertiary/aromatic N) is 2. The molecular formula is C29H29N3O3. The normalized spacial score (nSPS) is 17.7. The van der Waals surface area contributed by atoms with Crippen molar-refractivity contribution in [2.75, 3.05) is 5.32 Å². The number of aromatic nitrogens is 2. The van der Waals surface area contributed by atoms with Crippen LogP contribution in [0.15, 0.2) is 83.7 Å². The highest BCUT2D eigenvalue weighted by molar-refractivity contribution is 6.03. The molecule has 1 aliphatic rings. The fourth-order valence-electron chi connectivity index (χ4n) is 4.62. The minimum Gasteiger partial charge on any atom is -0.373 e. The maximum atomic E-state index is 13.6. The van der Waals surface area contributed by atoms with Crippen LogP contribution in [0, 0.1) is 5.92 Å². The molecule has 0 saturated carbocycles. The van der Waals surface area contributed by atoms with E-state index in [0.29, 0.717) is 28.9 Å². The second kappa shape index (κ2) is 9.84. The molecule has 1 N–H and O–H groups in total. The Bertz CT molecular complexity index is 1400. The van der Waals surface area contributed by atoms with E-state index in [-0.39, 0.29) is 29.6 Å². The number of hydrogen-bond acceptors (Lipinski definition) is 4. The summed E-state index contributed by atoms with van der Waals surface area (Å²) < 4.78 is 7.77. The first-order valence-corrected chi connectivity index (χ1v) is 12.1. The number of benzene rings is 3. The Kier molecular flexibility index (Phi) is 6.47. The molecule has 0 aliphatic carbocycles.